The van der Waals surface area contributed by atoms with Gasteiger partial charge in [-0.1, -0.05) is 0 Å². The van der Waals surface area contributed by atoms with Gasteiger partial charge in [-0.05, 0) is 18.4 Å². The summed E-state index contributed by atoms with van der Waals surface area (Å²) in [7, 11) is 0. The first-order valence-electron chi connectivity index (χ1n) is 4.88. The van der Waals surface area contributed by atoms with Crippen LogP contribution >= 0.6 is 23.1 Å². The molecule has 1 unspecified atom stereocenters. The van der Waals surface area contributed by atoms with E-state index in [2.05, 4.69) is 15.6 Å². The fraction of sp³-hybridized carbons (Fsp3) is 0.444. The summed E-state index contributed by atoms with van der Waals surface area (Å²) < 4.78 is 0. The van der Waals surface area contributed by atoms with Gasteiger partial charge in [0.15, 0.2) is 5.13 Å². The van der Waals surface area contributed by atoms with E-state index in [0.29, 0.717) is 11.6 Å². The number of thioether (sulfide) groups is 1. The molecule has 1 rings (SSSR count). The van der Waals surface area contributed by atoms with Gasteiger partial charge in [-0.25, -0.2) is 9.78 Å². The van der Waals surface area contributed by atoms with Crippen LogP contribution in [0.1, 0.15) is 6.42 Å². The Morgan fingerprint density at radius 2 is 2.41 bits per heavy atom. The van der Waals surface area contributed by atoms with E-state index in [-0.39, 0.29) is 5.91 Å². The number of nitrogens with two attached hydrogens (primary N) is 1. The lowest BCUT2D eigenvalue weighted by atomic mass is 10.2. The first kappa shape index (κ1) is 13.8. The van der Waals surface area contributed by atoms with Gasteiger partial charge in [0.2, 0.25) is 5.91 Å². The molecule has 17 heavy (non-hydrogen) atoms. The predicted molar refractivity (Wildman–Crippen MR) is 70.2 cm³/mol. The van der Waals surface area contributed by atoms with Gasteiger partial charge in [0.05, 0.1) is 0 Å². The molecule has 6 nitrogen and oxygen atoms in total. The van der Waals surface area contributed by atoms with Crippen molar-refractivity contribution in [1.82, 2.24) is 10.3 Å². The minimum Gasteiger partial charge on any atom is -0.352 e. The molecule has 1 atom stereocenters. The molecule has 0 saturated carbocycles. The second-order valence-electron chi connectivity index (χ2n) is 3.17. The number of nitrogens with zero attached hydrogens (tertiary/aromatic N) is 1. The minimum atomic E-state index is -0.703. The van der Waals surface area contributed by atoms with Gasteiger partial charge in [0.1, 0.15) is 6.04 Å². The van der Waals surface area contributed by atoms with Crippen molar-refractivity contribution in [3.63, 3.8) is 0 Å². The molecule has 0 aliphatic carbocycles. The third-order valence-electron chi connectivity index (χ3n) is 1.91. The van der Waals surface area contributed by atoms with Crippen LogP contribution in [0.15, 0.2) is 11.6 Å². The first-order valence-corrected chi connectivity index (χ1v) is 7.16. The van der Waals surface area contributed by atoms with Crippen LogP contribution in [0.2, 0.25) is 0 Å². The monoisotopic (exact) mass is 274 g/mol. The van der Waals surface area contributed by atoms with E-state index in [1.807, 2.05) is 6.26 Å². The number of hydrogen-bond donors (Lipinski definition) is 3. The van der Waals surface area contributed by atoms with Gasteiger partial charge < -0.3 is 16.4 Å². The van der Waals surface area contributed by atoms with Crippen molar-refractivity contribution in [1.29, 1.82) is 0 Å². The average molecular weight is 274 g/mol. The third-order valence-corrected chi connectivity index (χ3v) is 3.24. The highest BCUT2D eigenvalue weighted by molar-refractivity contribution is 7.98. The lowest BCUT2D eigenvalue weighted by Gasteiger charge is -2.15. The molecule has 0 aliphatic heterocycles. The molecule has 0 aromatic carbocycles. The van der Waals surface area contributed by atoms with Crippen LogP contribution in [-0.2, 0) is 4.79 Å². The third kappa shape index (κ3) is 5.05. The molecular weight excluding hydrogens is 260 g/mol. The molecule has 0 aliphatic rings. The summed E-state index contributed by atoms with van der Waals surface area (Å²) in [4.78, 5) is 26.6. The molecule has 94 valence electrons. The number of primary amides is 1. The SMILES string of the molecule is CSCCC(NC(N)=O)C(=O)Nc1nccs1. The molecule has 8 heteroatoms. The second kappa shape index (κ2) is 7.13. The lowest BCUT2D eigenvalue weighted by molar-refractivity contribution is -0.117. The summed E-state index contributed by atoms with van der Waals surface area (Å²) in [6, 6.07) is -1.32. The number of anilines is 1. The number of rotatable bonds is 6. The van der Waals surface area contributed by atoms with Crippen LogP contribution in [0.4, 0.5) is 9.93 Å². The van der Waals surface area contributed by atoms with Crippen molar-refractivity contribution < 1.29 is 9.59 Å². The largest absolute Gasteiger partial charge is 0.352 e. The number of amides is 3. The normalized spacial score (nSPS) is 11.8. The van der Waals surface area contributed by atoms with Gasteiger partial charge in [0.25, 0.3) is 0 Å². The van der Waals surface area contributed by atoms with E-state index in [4.69, 9.17) is 5.73 Å². The number of carbonyl (C=O) groups excluding carboxylic acids is 2. The van der Waals surface area contributed by atoms with Crippen molar-refractivity contribution in [3.05, 3.63) is 11.6 Å². The Hall–Kier alpha value is -1.28. The Kier molecular flexibility index (Phi) is 5.78. The van der Waals surface area contributed by atoms with Crippen molar-refractivity contribution >= 4 is 40.2 Å². The van der Waals surface area contributed by atoms with Crippen molar-refractivity contribution in [3.8, 4) is 0 Å². The number of thiazole rings is 1. The molecule has 0 bridgehead atoms. The number of nitrogens with one attached hydrogen (secondary N) is 2. The zero-order valence-corrected chi connectivity index (χ0v) is 10.9. The minimum absolute atomic E-state index is 0.298. The Bertz CT molecular complexity index is 369. The Balaban J connectivity index is 2.55. The molecule has 0 fully saturated rings. The summed E-state index contributed by atoms with van der Waals surface area (Å²) in [5.74, 6) is 0.462. The lowest BCUT2D eigenvalue weighted by Crippen LogP contribution is -2.46. The highest BCUT2D eigenvalue weighted by Crippen LogP contribution is 2.11. The van der Waals surface area contributed by atoms with Crippen LogP contribution in [0, 0.1) is 0 Å². The fourth-order valence-electron chi connectivity index (χ4n) is 1.15. The van der Waals surface area contributed by atoms with Crippen LogP contribution < -0.4 is 16.4 Å². The van der Waals surface area contributed by atoms with E-state index in [0.717, 1.165) is 5.75 Å². The molecule has 1 aromatic heterocycles. The molecular formula is C9H14N4O2S2. The van der Waals surface area contributed by atoms with Crippen molar-refractivity contribution in [2.24, 2.45) is 5.73 Å². The number of carbonyl (C=O) groups is 2. The summed E-state index contributed by atoms with van der Waals surface area (Å²) in [5, 5.41) is 7.31. The maximum Gasteiger partial charge on any atom is 0.312 e. The van der Waals surface area contributed by atoms with E-state index >= 15 is 0 Å². The molecule has 3 amide bonds. The average Bonchev–Trinajstić information content (AvgIpc) is 2.76. The van der Waals surface area contributed by atoms with E-state index < -0.39 is 12.1 Å². The van der Waals surface area contributed by atoms with Gasteiger partial charge in [0, 0.05) is 11.6 Å². The highest BCUT2D eigenvalue weighted by Gasteiger charge is 2.19. The molecule has 0 saturated heterocycles. The number of hydrogen-bond acceptors (Lipinski definition) is 5. The Morgan fingerprint density at radius 3 is 2.94 bits per heavy atom. The van der Waals surface area contributed by atoms with Crippen LogP contribution in [-0.4, -0.2) is 35.0 Å². The fourth-order valence-corrected chi connectivity index (χ4v) is 2.16. The van der Waals surface area contributed by atoms with Gasteiger partial charge in [-0.2, -0.15) is 11.8 Å². The maximum absolute atomic E-state index is 11.8. The first-order chi connectivity index (χ1) is 8.13. The maximum atomic E-state index is 11.8. The van der Waals surface area contributed by atoms with Crippen LogP contribution in [0.5, 0.6) is 0 Å². The summed E-state index contributed by atoms with van der Waals surface area (Å²) in [6.07, 6.45) is 4.06. The molecule has 0 spiro atoms. The molecule has 1 heterocycles. The van der Waals surface area contributed by atoms with Crippen LogP contribution in [0.25, 0.3) is 0 Å². The predicted octanol–water partition coefficient (Wildman–Crippen LogP) is 0.872. The van der Waals surface area contributed by atoms with Gasteiger partial charge in [-0.3, -0.25) is 4.79 Å². The zero-order valence-electron chi connectivity index (χ0n) is 9.30. The number of urea groups is 1. The zero-order chi connectivity index (χ0) is 12.7. The van der Waals surface area contributed by atoms with Crippen LogP contribution in [0.3, 0.4) is 0 Å². The van der Waals surface area contributed by atoms with E-state index in [1.54, 1.807) is 23.3 Å². The Labute approximate surface area is 107 Å². The quantitative estimate of drug-likeness (QED) is 0.717. The van der Waals surface area contributed by atoms with E-state index in [9.17, 15) is 9.59 Å². The second-order valence-corrected chi connectivity index (χ2v) is 5.05. The van der Waals surface area contributed by atoms with E-state index in [1.165, 1.54) is 11.3 Å². The summed E-state index contributed by atoms with van der Waals surface area (Å²) >= 11 is 2.92. The number of aromatic nitrogens is 1. The topological polar surface area (TPSA) is 97.1 Å². The molecule has 1 aromatic rings. The highest BCUT2D eigenvalue weighted by atomic mass is 32.2. The van der Waals surface area contributed by atoms with Gasteiger partial charge >= 0.3 is 6.03 Å². The van der Waals surface area contributed by atoms with Crippen molar-refractivity contribution in [2.45, 2.75) is 12.5 Å². The summed E-state index contributed by atoms with van der Waals surface area (Å²) in [5.41, 5.74) is 5.03. The Morgan fingerprint density at radius 1 is 1.65 bits per heavy atom. The van der Waals surface area contributed by atoms with Crippen molar-refractivity contribution in [2.75, 3.05) is 17.3 Å². The molecule has 4 N–H and O–H groups in total. The molecule has 0 radical (unpaired) electrons. The smallest absolute Gasteiger partial charge is 0.312 e. The van der Waals surface area contributed by atoms with Gasteiger partial charge in [-0.15, -0.1) is 11.3 Å². The standard InChI is InChI=1S/C9H14N4O2S2/c1-16-4-2-6(12-8(10)15)7(14)13-9-11-3-5-17-9/h3,5-6H,2,4H2,1H3,(H3,10,12,15)(H,11,13,14). The summed E-state index contributed by atoms with van der Waals surface area (Å²) in [6.45, 7) is 0.